The number of hydrogen-bond donors (Lipinski definition) is 0. The molecule has 65 heavy (non-hydrogen) atoms. The van der Waals surface area contributed by atoms with Crippen molar-refractivity contribution in [1.29, 1.82) is 0 Å². The lowest BCUT2D eigenvalue weighted by molar-refractivity contribution is -0.139. The molecule has 0 spiro atoms. The van der Waals surface area contributed by atoms with Gasteiger partial charge in [0, 0.05) is 16.7 Å². The first-order chi connectivity index (χ1) is 31.5. The van der Waals surface area contributed by atoms with E-state index < -0.39 is 7.82 Å². The fraction of sp³-hybridized carbons (Fsp3) is 0.833. The highest BCUT2D eigenvalue weighted by Crippen LogP contribution is 2.50. The van der Waals surface area contributed by atoms with E-state index >= 15 is 0 Å². The Bertz CT molecular complexity index is 1100. The summed E-state index contributed by atoms with van der Waals surface area (Å²) in [5.41, 5.74) is 1.38. The van der Waals surface area contributed by atoms with Crippen LogP contribution in [0.25, 0.3) is 0 Å². The van der Waals surface area contributed by atoms with Crippen LogP contribution in [0.2, 0.25) is 0 Å². The van der Waals surface area contributed by atoms with Crippen molar-refractivity contribution in [3.05, 3.63) is 36.5 Å². The van der Waals surface area contributed by atoms with Crippen molar-refractivity contribution < 1.29 is 46.7 Å². The van der Waals surface area contributed by atoms with Gasteiger partial charge in [0.2, 0.25) is 0 Å². The molecule has 0 aliphatic carbocycles. The quantitative estimate of drug-likeness (QED) is 0.0191. The molecule has 0 N–H and O–H groups in total. The number of carbonyl (C=O) groups is 3. The third-order valence-corrected chi connectivity index (χ3v) is 13.1. The molecule has 0 unspecified atom stereocenters. The molecule has 0 rings (SSSR count). The highest BCUT2D eigenvalue weighted by atomic mass is 31.2. The van der Waals surface area contributed by atoms with Crippen LogP contribution in [0, 0.1) is 0 Å². The molecule has 0 saturated carbocycles. The fourth-order valence-corrected chi connectivity index (χ4v) is 8.70. The minimum atomic E-state index is -3.58. The average molecular weight is 939 g/mol. The SMILES string of the molecule is C=C(C)C(=O)OCCCCCCCCCCCCCCOP(=O)(OCCCCCCCCCCCCCCOC(=O)C(=C)C)OCCCCCCCCCCCCCCOC(=O)C(=C)C. The molecule has 0 amide bonds. The van der Waals surface area contributed by atoms with Crippen LogP contribution < -0.4 is 0 Å². The maximum absolute atomic E-state index is 13.6. The summed E-state index contributed by atoms with van der Waals surface area (Å²) in [6.45, 7) is 18.5. The maximum Gasteiger partial charge on any atom is 0.474 e. The standard InChI is InChI=1S/C54H99O10P/c1-49(2)52(55)59-43-37-31-25-19-13-7-10-16-22-28-34-40-46-62-65(58,63-47-41-35-29-23-17-11-8-14-20-26-32-38-44-60-53(56)50(3)4)64-48-42-36-30-24-18-12-9-15-21-27-33-39-45-61-54(57)51(5)6/h1,3,5,7-48H2,2,4,6H3. The molecule has 0 heterocycles. The number of phosphoric acid groups is 1. The van der Waals surface area contributed by atoms with Gasteiger partial charge in [-0.1, -0.05) is 212 Å². The molecule has 0 aliphatic heterocycles. The normalized spacial score (nSPS) is 11.4. The van der Waals surface area contributed by atoms with Crippen LogP contribution in [-0.4, -0.2) is 57.5 Å². The summed E-state index contributed by atoms with van der Waals surface area (Å²) in [6.07, 6.45) is 41.4. The Balaban J connectivity index is 4.17. The maximum atomic E-state index is 13.6. The Labute approximate surface area is 399 Å². The summed E-state index contributed by atoms with van der Waals surface area (Å²) < 4.78 is 46.7. The van der Waals surface area contributed by atoms with Gasteiger partial charge in [-0.25, -0.2) is 18.9 Å². The van der Waals surface area contributed by atoms with Crippen LogP contribution in [-0.2, 0) is 46.7 Å². The zero-order valence-corrected chi connectivity index (χ0v) is 43.2. The molecule has 0 aromatic rings. The first-order valence-electron chi connectivity index (χ1n) is 26.5. The number of phosphoric ester groups is 1. The minimum Gasteiger partial charge on any atom is -0.462 e. The van der Waals surface area contributed by atoms with E-state index in [1.54, 1.807) is 20.8 Å². The van der Waals surface area contributed by atoms with Gasteiger partial charge in [0.1, 0.15) is 0 Å². The van der Waals surface area contributed by atoms with E-state index in [0.29, 0.717) is 56.4 Å². The number of rotatable bonds is 51. The first-order valence-corrected chi connectivity index (χ1v) is 28.0. The van der Waals surface area contributed by atoms with E-state index in [9.17, 15) is 18.9 Å². The molecule has 0 fully saturated rings. The lowest BCUT2D eigenvalue weighted by Gasteiger charge is -2.18. The van der Waals surface area contributed by atoms with Gasteiger partial charge in [0.15, 0.2) is 0 Å². The zero-order valence-electron chi connectivity index (χ0n) is 42.3. The molecule has 0 aromatic heterocycles. The molecule has 0 bridgehead atoms. The summed E-state index contributed by atoms with van der Waals surface area (Å²) in [5.74, 6) is -0.869. The van der Waals surface area contributed by atoms with Crippen LogP contribution >= 0.6 is 7.82 Å². The molecule has 11 heteroatoms. The van der Waals surface area contributed by atoms with Crippen molar-refractivity contribution in [2.45, 2.75) is 252 Å². The van der Waals surface area contributed by atoms with Gasteiger partial charge >= 0.3 is 25.7 Å². The van der Waals surface area contributed by atoms with Gasteiger partial charge in [-0.15, -0.1) is 0 Å². The van der Waals surface area contributed by atoms with Crippen LogP contribution in [0.4, 0.5) is 0 Å². The third kappa shape index (κ3) is 45.3. The van der Waals surface area contributed by atoms with E-state index in [0.717, 1.165) is 96.3 Å². The average Bonchev–Trinajstić information content (AvgIpc) is 3.28. The molecular weight excluding hydrogens is 840 g/mol. The molecule has 10 nitrogen and oxygen atoms in total. The Morgan fingerprint density at radius 2 is 0.415 bits per heavy atom. The first kappa shape index (κ1) is 62.7. The molecule has 0 aromatic carbocycles. The van der Waals surface area contributed by atoms with Gasteiger partial charge in [-0.2, -0.15) is 0 Å². The summed E-state index contributed by atoms with van der Waals surface area (Å²) in [5, 5.41) is 0. The van der Waals surface area contributed by atoms with Crippen LogP contribution in [0.3, 0.4) is 0 Å². The zero-order chi connectivity index (χ0) is 47.9. The second kappa shape index (κ2) is 46.8. The lowest BCUT2D eigenvalue weighted by atomic mass is 10.1. The topological polar surface area (TPSA) is 124 Å². The number of esters is 3. The molecule has 0 saturated heterocycles. The summed E-state index contributed by atoms with van der Waals surface area (Å²) in [6, 6.07) is 0. The predicted octanol–water partition coefficient (Wildman–Crippen LogP) is 16.5. The highest BCUT2D eigenvalue weighted by Gasteiger charge is 2.26. The van der Waals surface area contributed by atoms with Gasteiger partial charge in [0.25, 0.3) is 0 Å². The van der Waals surface area contributed by atoms with E-state index in [2.05, 4.69) is 19.7 Å². The Kier molecular flexibility index (Phi) is 45.2. The summed E-state index contributed by atoms with van der Waals surface area (Å²) in [7, 11) is -3.58. The summed E-state index contributed by atoms with van der Waals surface area (Å²) >= 11 is 0. The fourth-order valence-electron chi connectivity index (χ4n) is 7.42. The van der Waals surface area contributed by atoms with Crippen molar-refractivity contribution >= 4 is 25.7 Å². The van der Waals surface area contributed by atoms with Crippen molar-refractivity contribution in [3.8, 4) is 0 Å². The van der Waals surface area contributed by atoms with Crippen molar-refractivity contribution in [2.75, 3.05) is 39.6 Å². The molecule has 0 aliphatic rings. The van der Waals surface area contributed by atoms with E-state index in [-0.39, 0.29) is 17.9 Å². The smallest absolute Gasteiger partial charge is 0.462 e. The second-order valence-corrected chi connectivity index (χ2v) is 20.1. The predicted molar refractivity (Wildman–Crippen MR) is 269 cm³/mol. The molecule has 0 atom stereocenters. The van der Waals surface area contributed by atoms with E-state index in [4.69, 9.17) is 27.8 Å². The number of ether oxygens (including phenoxy) is 3. The Hall–Kier alpha value is -2.26. The van der Waals surface area contributed by atoms with Gasteiger partial charge in [0.05, 0.1) is 39.6 Å². The van der Waals surface area contributed by atoms with E-state index in [1.807, 2.05) is 0 Å². The van der Waals surface area contributed by atoms with Crippen molar-refractivity contribution in [3.63, 3.8) is 0 Å². The third-order valence-electron chi connectivity index (χ3n) is 11.6. The van der Waals surface area contributed by atoms with Crippen LogP contribution in [0.15, 0.2) is 36.5 Å². The van der Waals surface area contributed by atoms with Crippen LogP contribution in [0.1, 0.15) is 252 Å². The summed E-state index contributed by atoms with van der Waals surface area (Å²) in [4.78, 5) is 34.3. The Morgan fingerprint density at radius 1 is 0.277 bits per heavy atom. The minimum absolute atomic E-state index is 0.290. The lowest BCUT2D eigenvalue weighted by Crippen LogP contribution is -2.05. The second-order valence-electron chi connectivity index (χ2n) is 18.4. The van der Waals surface area contributed by atoms with Gasteiger partial charge in [-0.3, -0.25) is 13.6 Å². The van der Waals surface area contributed by atoms with Crippen molar-refractivity contribution in [2.24, 2.45) is 0 Å². The molecule has 0 radical (unpaired) electrons. The largest absolute Gasteiger partial charge is 0.474 e. The molecule has 380 valence electrons. The number of hydrogen-bond acceptors (Lipinski definition) is 10. The highest BCUT2D eigenvalue weighted by molar-refractivity contribution is 7.48. The number of unbranched alkanes of at least 4 members (excludes halogenated alkanes) is 33. The van der Waals surface area contributed by atoms with Gasteiger partial charge in [-0.05, 0) is 59.3 Å². The monoisotopic (exact) mass is 939 g/mol. The van der Waals surface area contributed by atoms with Gasteiger partial charge < -0.3 is 14.2 Å². The van der Waals surface area contributed by atoms with E-state index in [1.165, 1.54) is 135 Å². The Morgan fingerprint density at radius 3 is 0.569 bits per heavy atom. The molecular formula is C54H99O10P. The number of carbonyl (C=O) groups excluding carboxylic acids is 3. The van der Waals surface area contributed by atoms with Crippen LogP contribution in [0.5, 0.6) is 0 Å². The van der Waals surface area contributed by atoms with Crippen molar-refractivity contribution in [1.82, 2.24) is 0 Å².